The van der Waals surface area contributed by atoms with Gasteiger partial charge in [-0.15, -0.1) is 0 Å². The van der Waals surface area contributed by atoms with Crippen molar-refractivity contribution in [3.63, 3.8) is 0 Å². The van der Waals surface area contributed by atoms with Crippen LogP contribution in [0.2, 0.25) is 0 Å². The van der Waals surface area contributed by atoms with E-state index in [0.717, 1.165) is 66.3 Å². The van der Waals surface area contributed by atoms with Crippen LogP contribution in [-0.4, -0.2) is 48.3 Å². The van der Waals surface area contributed by atoms with E-state index in [4.69, 9.17) is 21.9 Å². The Morgan fingerprint density at radius 2 is 1.94 bits per heavy atom. The van der Waals surface area contributed by atoms with Crippen LogP contribution in [0.1, 0.15) is 23.1 Å². The molecule has 0 saturated carbocycles. The predicted molar refractivity (Wildman–Crippen MR) is 134 cm³/mol. The first-order chi connectivity index (χ1) is 15.5. The van der Waals surface area contributed by atoms with E-state index in [1.165, 1.54) is 5.56 Å². The van der Waals surface area contributed by atoms with Crippen LogP contribution >= 0.6 is 12.2 Å². The summed E-state index contributed by atoms with van der Waals surface area (Å²) in [5.74, 6) is 1.52. The van der Waals surface area contributed by atoms with Crippen LogP contribution in [0, 0.1) is 25.2 Å². The lowest BCUT2D eigenvalue weighted by Crippen LogP contribution is -2.38. The van der Waals surface area contributed by atoms with Gasteiger partial charge in [-0.05, 0) is 67.9 Å². The fourth-order valence-corrected chi connectivity index (χ4v) is 4.51. The number of methoxy groups -OCH3 is 1. The van der Waals surface area contributed by atoms with Crippen LogP contribution in [0.3, 0.4) is 0 Å². The van der Waals surface area contributed by atoms with E-state index in [9.17, 15) is 5.26 Å². The molecule has 3 aromatic rings. The van der Waals surface area contributed by atoms with Crippen LogP contribution in [0.15, 0.2) is 42.5 Å². The molecule has 1 saturated heterocycles. The van der Waals surface area contributed by atoms with Gasteiger partial charge in [0.05, 0.1) is 23.9 Å². The SMILES string of the molecule is COc1ccccc1NC(=S)N1CCCN(c2nc3cc(C)cc(C)c3cc2C#N)CC1. The molecule has 2 heterocycles. The molecule has 1 aliphatic rings. The van der Waals surface area contributed by atoms with Gasteiger partial charge < -0.3 is 19.9 Å². The Morgan fingerprint density at radius 3 is 2.72 bits per heavy atom. The summed E-state index contributed by atoms with van der Waals surface area (Å²) in [7, 11) is 1.65. The lowest BCUT2D eigenvalue weighted by molar-refractivity contribution is 0.416. The highest BCUT2D eigenvalue weighted by molar-refractivity contribution is 7.80. The minimum atomic E-state index is 0.618. The van der Waals surface area contributed by atoms with E-state index in [-0.39, 0.29) is 0 Å². The molecule has 1 aromatic heterocycles. The van der Waals surface area contributed by atoms with Crippen molar-refractivity contribution in [3.05, 3.63) is 59.2 Å². The molecule has 0 aliphatic carbocycles. The number of nitriles is 1. The minimum Gasteiger partial charge on any atom is -0.495 e. The molecule has 0 amide bonds. The number of ether oxygens (including phenoxy) is 1. The molecule has 0 atom stereocenters. The summed E-state index contributed by atoms with van der Waals surface area (Å²) in [5.41, 5.74) is 4.73. The molecule has 2 aromatic carbocycles. The number of nitrogens with zero attached hydrogens (tertiary/aromatic N) is 4. The first-order valence-corrected chi connectivity index (χ1v) is 11.2. The van der Waals surface area contributed by atoms with Crippen LogP contribution in [0.5, 0.6) is 5.75 Å². The Hall–Kier alpha value is -3.37. The van der Waals surface area contributed by atoms with Crippen LogP contribution < -0.4 is 15.0 Å². The van der Waals surface area contributed by atoms with E-state index in [2.05, 4.69) is 47.2 Å². The summed E-state index contributed by atoms with van der Waals surface area (Å²) in [6, 6.07) is 16.3. The Balaban J connectivity index is 1.54. The number of pyridine rings is 1. The van der Waals surface area contributed by atoms with Gasteiger partial charge in [0, 0.05) is 31.6 Å². The predicted octanol–water partition coefficient (Wildman–Crippen LogP) is 4.64. The molecular weight excluding hydrogens is 418 g/mol. The van der Waals surface area contributed by atoms with Gasteiger partial charge in [-0.1, -0.05) is 18.2 Å². The first kappa shape index (κ1) is 21.8. The maximum Gasteiger partial charge on any atom is 0.173 e. The van der Waals surface area contributed by atoms with Gasteiger partial charge >= 0.3 is 0 Å². The summed E-state index contributed by atoms with van der Waals surface area (Å²) in [6.45, 7) is 7.30. The topological polar surface area (TPSA) is 64.4 Å². The van der Waals surface area contributed by atoms with Crippen molar-refractivity contribution in [3.8, 4) is 11.8 Å². The van der Waals surface area contributed by atoms with Crippen molar-refractivity contribution >= 4 is 39.7 Å². The third-order valence-corrected chi connectivity index (χ3v) is 6.18. The number of fused-ring (bicyclic) bond motifs is 1. The Kier molecular flexibility index (Phi) is 6.42. The number of para-hydroxylation sites is 2. The van der Waals surface area contributed by atoms with Gasteiger partial charge in [0.1, 0.15) is 17.6 Å². The van der Waals surface area contributed by atoms with E-state index in [1.807, 2.05) is 30.3 Å². The molecule has 1 fully saturated rings. The molecule has 164 valence electrons. The zero-order chi connectivity index (χ0) is 22.7. The minimum absolute atomic E-state index is 0.618. The molecule has 0 spiro atoms. The maximum atomic E-state index is 9.81. The van der Waals surface area contributed by atoms with Crippen molar-refractivity contribution in [2.75, 3.05) is 43.5 Å². The highest BCUT2D eigenvalue weighted by atomic mass is 32.1. The van der Waals surface area contributed by atoms with Crippen LogP contribution in [0.25, 0.3) is 10.9 Å². The quantitative estimate of drug-likeness (QED) is 0.589. The number of hydrogen-bond donors (Lipinski definition) is 1. The molecule has 7 heteroatoms. The highest BCUT2D eigenvalue weighted by Gasteiger charge is 2.21. The summed E-state index contributed by atoms with van der Waals surface area (Å²) in [5, 5.41) is 14.8. The average Bonchev–Trinajstić information content (AvgIpc) is 3.05. The van der Waals surface area contributed by atoms with Crippen molar-refractivity contribution in [1.82, 2.24) is 9.88 Å². The molecule has 1 aliphatic heterocycles. The molecule has 0 bridgehead atoms. The summed E-state index contributed by atoms with van der Waals surface area (Å²) >= 11 is 5.69. The lowest BCUT2D eigenvalue weighted by Gasteiger charge is -2.26. The number of benzene rings is 2. The van der Waals surface area contributed by atoms with Gasteiger partial charge in [0.2, 0.25) is 0 Å². The number of aromatic nitrogens is 1. The number of aryl methyl sites for hydroxylation is 2. The summed E-state index contributed by atoms with van der Waals surface area (Å²) < 4.78 is 5.42. The van der Waals surface area contributed by atoms with Crippen molar-refractivity contribution < 1.29 is 4.74 Å². The van der Waals surface area contributed by atoms with Crippen LogP contribution in [-0.2, 0) is 0 Å². The zero-order valence-corrected chi connectivity index (χ0v) is 19.5. The Bertz CT molecular complexity index is 1200. The third kappa shape index (κ3) is 4.46. The third-order valence-electron chi connectivity index (χ3n) is 5.82. The highest BCUT2D eigenvalue weighted by Crippen LogP contribution is 2.28. The molecule has 6 nitrogen and oxygen atoms in total. The molecule has 32 heavy (non-hydrogen) atoms. The van der Waals surface area contributed by atoms with E-state index < -0.39 is 0 Å². The fraction of sp³-hybridized carbons (Fsp3) is 0.320. The van der Waals surface area contributed by atoms with Gasteiger partial charge in [-0.25, -0.2) is 4.98 Å². The molecule has 0 radical (unpaired) electrons. The number of hydrogen-bond acceptors (Lipinski definition) is 5. The maximum absolute atomic E-state index is 9.81. The molecule has 0 unspecified atom stereocenters. The normalized spacial score (nSPS) is 14.1. The molecule has 4 rings (SSSR count). The number of nitrogens with one attached hydrogen (secondary N) is 1. The van der Waals surface area contributed by atoms with Gasteiger partial charge in [0.25, 0.3) is 0 Å². The summed E-state index contributed by atoms with van der Waals surface area (Å²) in [4.78, 5) is 9.29. The fourth-order valence-electron chi connectivity index (χ4n) is 4.22. The molecule has 1 N–H and O–H groups in total. The number of anilines is 2. The van der Waals surface area contributed by atoms with Crippen molar-refractivity contribution in [2.24, 2.45) is 0 Å². The number of rotatable bonds is 3. The first-order valence-electron chi connectivity index (χ1n) is 10.8. The zero-order valence-electron chi connectivity index (χ0n) is 18.7. The van der Waals surface area contributed by atoms with E-state index in [1.54, 1.807) is 7.11 Å². The lowest BCUT2D eigenvalue weighted by atomic mass is 10.0. The Morgan fingerprint density at radius 1 is 1.12 bits per heavy atom. The van der Waals surface area contributed by atoms with Crippen molar-refractivity contribution in [1.29, 1.82) is 5.26 Å². The van der Waals surface area contributed by atoms with Crippen molar-refractivity contribution in [2.45, 2.75) is 20.3 Å². The van der Waals surface area contributed by atoms with E-state index >= 15 is 0 Å². The second-order valence-corrected chi connectivity index (χ2v) is 8.46. The second-order valence-electron chi connectivity index (χ2n) is 8.08. The van der Waals surface area contributed by atoms with Gasteiger partial charge in [-0.2, -0.15) is 5.26 Å². The smallest absolute Gasteiger partial charge is 0.173 e. The monoisotopic (exact) mass is 445 g/mol. The summed E-state index contributed by atoms with van der Waals surface area (Å²) in [6.07, 6.45) is 0.922. The standard InChI is InChI=1S/C25H27N5OS/c1-17-13-18(2)20-15-19(16-26)24(27-22(20)14-17)29-9-6-10-30(12-11-29)25(32)28-21-7-4-5-8-23(21)31-3/h4-5,7-8,13-15H,6,9-12H2,1-3H3,(H,28,32). The van der Waals surface area contributed by atoms with Gasteiger partial charge in [0.15, 0.2) is 5.11 Å². The van der Waals surface area contributed by atoms with Gasteiger partial charge in [-0.3, -0.25) is 0 Å². The average molecular weight is 446 g/mol. The second kappa shape index (κ2) is 9.41. The Labute approximate surface area is 194 Å². The largest absolute Gasteiger partial charge is 0.495 e. The van der Waals surface area contributed by atoms with Crippen LogP contribution in [0.4, 0.5) is 11.5 Å². The number of thiocarbonyl (C=S) groups is 1. The molecular formula is C25H27N5OS. The van der Waals surface area contributed by atoms with E-state index in [0.29, 0.717) is 10.7 Å².